The monoisotopic (exact) mass is 911 g/mol. The maximum Gasteiger partial charge on any atom is 0.114 e. The van der Waals surface area contributed by atoms with Gasteiger partial charge in [0, 0.05) is 62.3 Å². The van der Waals surface area contributed by atoms with Gasteiger partial charge in [0.05, 0.1) is 15.5 Å². The lowest BCUT2D eigenvalue weighted by Crippen LogP contribution is -2.09. The van der Waals surface area contributed by atoms with Gasteiger partial charge in [-0.1, -0.05) is 99.7 Å². The van der Waals surface area contributed by atoms with Crippen molar-refractivity contribution in [3.05, 3.63) is 148 Å². The Balaban J connectivity index is 0.974. The molecule has 0 saturated carbocycles. The third-order valence-corrected chi connectivity index (χ3v) is 16.7. The van der Waals surface area contributed by atoms with E-state index in [0.717, 1.165) is 40.1 Å². The van der Waals surface area contributed by atoms with Gasteiger partial charge in [-0.2, -0.15) is 8.75 Å². The number of aryl methyl sites for hydroxylation is 2. The third kappa shape index (κ3) is 8.31. The maximum absolute atomic E-state index is 4.91. The highest BCUT2D eigenvalue weighted by molar-refractivity contribution is 9.11. The average Bonchev–Trinajstić information content (AvgIpc) is 4.11. The van der Waals surface area contributed by atoms with Crippen molar-refractivity contribution in [3.63, 3.8) is 0 Å². The highest BCUT2D eigenvalue weighted by atomic mass is 79.9. The first-order valence-electron chi connectivity index (χ1n) is 19.9. The van der Waals surface area contributed by atoms with Crippen LogP contribution in [-0.2, 0) is 6.42 Å². The molecule has 58 heavy (non-hydrogen) atoms. The van der Waals surface area contributed by atoms with Crippen LogP contribution in [0.15, 0.2) is 137 Å². The number of rotatable bonds is 15. The van der Waals surface area contributed by atoms with E-state index in [-0.39, 0.29) is 0 Å². The smallest absolute Gasteiger partial charge is 0.114 e. The summed E-state index contributed by atoms with van der Waals surface area (Å²) >= 11 is 12.5. The number of aromatic nitrogens is 2. The summed E-state index contributed by atoms with van der Waals surface area (Å²) in [6.07, 6.45) is 8.92. The summed E-state index contributed by atoms with van der Waals surface area (Å²) in [5.41, 5.74) is 11.7. The number of anilines is 3. The fourth-order valence-electron chi connectivity index (χ4n) is 7.60. The van der Waals surface area contributed by atoms with Crippen LogP contribution in [-0.4, -0.2) is 8.75 Å². The van der Waals surface area contributed by atoms with E-state index in [0.29, 0.717) is 0 Å². The molecule has 0 bridgehead atoms. The number of halogens is 1. The Morgan fingerprint density at radius 1 is 0.517 bits per heavy atom. The van der Waals surface area contributed by atoms with E-state index in [1.807, 2.05) is 45.3 Å². The molecule has 0 aliphatic carbocycles. The fourth-order valence-corrected chi connectivity index (χ4v) is 13.3. The second kappa shape index (κ2) is 18.0. The molecular formula is C49H42BrN3S5. The normalized spacial score (nSPS) is 11.5. The lowest BCUT2D eigenvalue weighted by molar-refractivity contribution is 0.608. The van der Waals surface area contributed by atoms with Crippen LogP contribution in [0.5, 0.6) is 0 Å². The van der Waals surface area contributed by atoms with Crippen LogP contribution in [0.4, 0.5) is 17.1 Å². The second-order valence-corrected chi connectivity index (χ2v) is 20.7. The minimum atomic E-state index is 0.994. The van der Waals surface area contributed by atoms with Gasteiger partial charge >= 0.3 is 0 Å². The van der Waals surface area contributed by atoms with Gasteiger partial charge in [-0.25, -0.2) is 0 Å². The molecule has 0 N–H and O–H groups in total. The summed E-state index contributed by atoms with van der Waals surface area (Å²) in [6.45, 7) is 4.52. The highest BCUT2D eigenvalue weighted by Gasteiger charge is 2.21. The molecule has 0 atom stereocenters. The number of benzene rings is 4. The van der Waals surface area contributed by atoms with E-state index >= 15 is 0 Å². The second-order valence-electron chi connectivity index (χ2n) is 14.5. The van der Waals surface area contributed by atoms with Gasteiger partial charge in [-0.3, -0.25) is 0 Å². The Morgan fingerprint density at radius 3 is 1.74 bits per heavy atom. The Kier molecular flexibility index (Phi) is 12.2. The number of para-hydroxylation sites is 2. The van der Waals surface area contributed by atoms with Crippen LogP contribution in [0, 0.1) is 6.92 Å². The van der Waals surface area contributed by atoms with Crippen LogP contribution < -0.4 is 4.90 Å². The molecule has 0 aliphatic heterocycles. The first kappa shape index (κ1) is 39.3. The van der Waals surface area contributed by atoms with Crippen LogP contribution >= 0.6 is 73.0 Å². The molecule has 0 aliphatic rings. The van der Waals surface area contributed by atoms with Crippen molar-refractivity contribution in [2.45, 2.75) is 58.8 Å². The molecule has 0 unspecified atom stereocenters. The molecule has 0 amide bonds. The molecule has 290 valence electrons. The highest BCUT2D eigenvalue weighted by Crippen LogP contribution is 2.48. The molecule has 5 aromatic heterocycles. The summed E-state index contributed by atoms with van der Waals surface area (Å²) in [5.74, 6) is 0. The molecule has 9 rings (SSSR count). The van der Waals surface area contributed by atoms with Gasteiger partial charge in [-0.15, -0.1) is 45.3 Å². The number of nitrogens with zero attached hydrogens (tertiary/aromatic N) is 3. The quantitative estimate of drug-likeness (QED) is 0.0960. The molecule has 9 heteroatoms. The SMILES string of the molecule is CCCCCCCCc1cc(-c2ccc(-c3cc(C)c(-c4ccc(-c5ccc(N(c6ccccc6)c6ccccc6)cc5)s4)s3)c3nsnc23)sc1-c1ccc(Br)s1. The van der Waals surface area contributed by atoms with Crippen LogP contribution in [0.1, 0.15) is 56.6 Å². The summed E-state index contributed by atoms with van der Waals surface area (Å²) in [5, 5.41) is 0. The van der Waals surface area contributed by atoms with Gasteiger partial charge < -0.3 is 4.90 Å². The molecule has 0 radical (unpaired) electrons. The predicted molar refractivity (Wildman–Crippen MR) is 260 cm³/mol. The zero-order valence-corrected chi connectivity index (χ0v) is 38.1. The minimum absolute atomic E-state index is 0.994. The molecule has 0 saturated heterocycles. The predicted octanol–water partition coefficient (Wildman–Crippen LogP) is 17.7. The average molecular weight is 913 g/mol. The van der Waals surface area contributed by atoms with Gasteiger partial charge in [0.25, 0.3) is 0 Å². The molecule has 5 heterocycles. The summed E-state index contributed by atoms with van der Waals surface area (Å²) in [7, 11) is 0. The van der Waals surface area contributed by atoms with Crippen molar-refractivity contribution in [2.24, 2.45) is 0 Å². The molecule has 9 aromatic rings. The third-order valence-electron chi connectivity index (χ3n) is 10.5. The first-order valence-corrected chi connectivity index (χ1v) is 24.7. The number of thiophene rings is 4. The molecular weight excluding hydrogens is 871 g/mol. The summed E-state index contributed by atoms with van der Waals surface area (Å²) in [4.78, 5) is 11.4. The van der Waals surface area contributed by atoms with Crippen molar-refractivity contribution in [3.8, 4) is 50.8 Å². The summed E-state index contributed by atoms with van der Waals surface area (Å²) < 4.78 is 11.0. The topological polar surface area (TPSA) is 29.0 Å². The number of unbranched alkanes of at least 4 members (excludes halogenated alkanes) is 5. The molecule has 0 spiro atoms. The largest absolute Gasteiger partial charge is 0.311 e. The molecule has 4 aromatic carbocycles. The Hall–Kier alpha value is -4.22. The van der Waals surface area contributed by atoms with E-state index in [1.165, 1.54) is 110 Å². The fraction of sp³-hybridized carbons (Fsp3) is 0.184. The number of hydrogen-bond donors (Lipinski definition) is 0. The van der Waals surface area contributed by atoms with E-state index in [1.54, 1.807) is 0 Å². The van der Waals surface area contributed by atoms with E-state index in [9.17, 15) is 0 Å². The van der Waals surface area contributed by atoms with E-state index in [2.05, 4.69) is 168 Å². The van der Waals surface area contributed by atoms with Crippen LogP contribution in [0.25, 0.3) is 61.9 Å². The lowest BCUT2D eigenvalue weighted by Gasteiger charge is -2.25. The van der Waals surface area contributed by atoms with Crippen molar-refractivity contribution in [1.29, 1.82) is 0 Å². The minimum Gasteiger partial charge on any atom is -0.311 e. The van der Waals surface area contributed by atoms with Gasteiger partial charge in [0.1, 0.15) is 11.0 Å². The summed E-state index contributed by atoms with van der Waals surface area (Å²) in [6, 6.07) is 48.4. The Labute approximate surface area is 369 Å². The van der Waals surface area contributed by atoms with Crippen molar-refractivity contribution < 1.29 is 0 Å². The zero-order chi connectivity index (χ0) is 39.4. The Bertz CT molecular complexity index is 2720. The number of hydrogen-bond acceptors (Lipinski definition) is 8. The van der Waals surface area contributed by atoms with Crippen molar-refractivity contribution >= 4 is 101 Å². The molecule has 0 fully saturated rings. The van der Waals surface area contributed by atoms with Crippen LogP contribution in [0.2, 0.25) is 0 Å². The first-order chi connectivity index (χ1) is 28.5. The van der Waals surface area contributed by atoms with E-state index in [4.69, 9.17) is 8.75 Å². The Morgan fingerprint density at radius 2 is 1.09 bits per heavy atom. The van der Waals surface area contributed by atoms with Crippen LogP contribution in [0.3, 0.4) is 0 Å². The van der Waals surface area contributed by atoms with Gasteiger partial charge in [-0.05, 0) is 125 Å². The van der Waals surface area contributed by atoms with Gasteiger partial charge in [0.15, 0.2) is 0 Å². The standard InChI is InChI=1S/C49H42BrN3S5/c1-3-4-5-6-7-10-15-34-31-44(57-49(34)42-28-29-45(50)55-42)39-25-24-38(46-47(39)52-58-51-46)43-30-32(2)48(56-43)41-27-26-40(54-41)33-20-22-37(23-21-33)53(35-16-11-8-12-17-35)36-18-13-9-14-19-36/h8-9,11-14,16-31H,3-7,10,15H2,1-2H3. The maximum atomic E-state index is 4.91. The number of fused-ring (bicyclic) bond motifs is 1. The zero-order valence-electron chi connectivity index (χ0n) is 32.4. The lowest BCUT2D eigenvalue weighted by atomic mass is 10.0. The van der Waals surface area contributed by atoms with Gasteiger partial charge in [0.2, 0.25) is 0 Å². The van der Waals surface area contributed by atoms with Crippen molar-refractivity contribution in [1.82, 2.24) is 8.75 Å². The van der Waals surface area contributed by atoms with E-state index < -0.39 is 0 Å². The van der Waals surface area contributed by atoms with Crippen molar-refractivity contribution in [2.75, 3.05) is 4.90 Å². The molecule has 3 nitrogen and oxygen atoms in total.